The fourth-order valence-corrected chi connectivity index (χ4v) is 2.71. The summed E-state index contributed by atoms with van der Waals surface area (Å²) in [5.74, 6) is -1.20. The molecule has 1 aliphatic heterocycles. The summed E-state index contributed by atoms with van der Waals surface area (Å²) >= 11 is 0. The molecular weight excluding hydrogens is 313 g/mol. The van der Waals surface area contributed by atoms with Gasteiger partial charge in [0.15, 0.2) is 6.10 Å². The maximum atomic E-state index is 13.0. The van der Waals surface area contributed by atoms with Crippen molar-refractivity contribution in [2.24, 2.45) is 0 Å². The largest absolute Gasteiger partial charge is 0.481 e. The van der Waals surface area contributed by atoms with E-state index in [9.17, 15) is 14.0 Å². The minimum atomic E-state index is -1.06. The molecule has 2 aromatic carbocycles. The third kappa shape index (κ3) is 3.53. The molecule has 0 saturated carbocycles. The van der Waals surface area contributed by atoms with Crippen molar-refractivity contribution in [1.29, 1.82) is 0 Å². The number of benzene rings is 2. The van der Waals surface area contributed by atoms with Crippen molar-refractivity contribution >= 4 is 11.9 Å². The number of ether oxygens (including phenoxy) is 1. The lowest BCUT2D eigenvalue weighted by Gasteiger charge is -2.20. The topological polar surface area (TPSA) is 75.6 Å². The summed E-state index contributed by atoms with van der Waals surface area (Å²) in [6.45, 7) is 0. The predicted molar refractivity (Wildman–Crippen MR) is 84.1 cm³/mol. The summed E-state index contributed by atoms with van der Waals surface area (Å²) in [5, 5.41) is 11.8. The van der Waals surface area contributed by atoms with E-state index >= 15 is 0 Å². The van der Waals surface area contributed by atoms with E-state index in [1.54, 1.807) is 6.07 Å². The van der Waals surface area contributed by atoms with Gasteiger partial charge >= 0.3 is 5.97 Å². The van der Waals surface area contributed by atoms with Crippen molar-refractivity contribution in [1.82, 2.24) is 5.32 Å². The van der Waals surface area contributed by atoms with Crippen LogP contribution in [0.15, 0.2) is 48.5 Å². The number of carboxylic acid groups (broad SMARTS) is 1. The van der Waals surface area contributed by atoms with Crippen molar-refractivity contribution < 1.29 is 23.8 Å². The van der Waals surface area contributed by atoms with Gasteiger partial charge < -0.3 is 15.2 Å². The molecule has 0 aromatic heterocycles. The Balaban J connectivity index is 1.72. The zero-order valence-corrected chi connectivity index (χ0v) is 12.7. The molecule has 0 fully saturated rings. The number of carboxylic acids is 1. The molecule has 24 heavy (non-hydrogen) atoms. The molecule has 0 bridgehead atoms. The van der Waals surface area contributed by atoms with Crippen LogP contribution < -0.4 is 10.1 Å². The molecule has 1 amide bonds. The van der Waals surface area contributed by atoms with Crippen LogP contribution in [0.3, 0.4) is 0 Å². The Morgan fingerprint density at radius 3 is 2.58 bits per heavy atom. The molecular formula is C18H16FNO4. The van der Waals surface area contributed by atoms with Crippen LogP contribution in [-0.2, 0) is 16.0 Å². The van der Waals surface area contributed by atoms with E-state index in [4.69, 9.17) is 9.84 Å². The Morgan fingerprint density at radius 1 is 1.21 bits per heavy atom. The third-order valence-corrected chi connectivity index (χ3v) is 3.91. The van der Waals surface area contributed by atoms with Crippen LogP contribution in [-0.4, -0.2) is 23.1 Å². The number of aliphatic carboxylic acids is 1. The van der Waals surface area contributed by atoms with E-state index in [2.05, 4.69) is 5.32 Å². The molecule has 5 nitrogen and oxygen atoms in total. The maximum Gasteiger partial charge on any atom is 0.305 e. The number of carbonyl (C=O) groups is 2. The number of hydrogen-bond donors (Lipinski definition) is 2. The van der Waals surface area contributed by atoms with Crippen LogP contribution in [0.25, 0.3) is 0 Å². The quantitative estimate of drug-likeness (QED) is 0.883. The number of nitrogens with one attached hydrogen (secondary N) is 1. The minimum absolute atomic E-state index is 0.295. The summed E-state index contributed by atoms with van der Waals surface area (Å²) in [6.07, 6.45) is -0.554. The number of rotatable bonds is 5. The molecule has 3 rings (SSSR count). The van der Waals surface area contributed by atoms with E-state index in [-0.39, 0.29) is 12.3 Å². The highest BCUT2D eigenvalue weighted by Crippen LogP contribution is 2.28. The van der Waals surface area contributed by atoms with Crippen LogP contribution in [0.1, 0.15) is 23.6 Å². The second kappa shape index (κ2) is 6.70. The first-order valence-corrected chi connectivity index (χ1v) is 7.55. The van der Waals surface area contributed by atoms with Crippen LogP contribution in [0.2, 0.25) is 0 Å². The average molecular weight is 329 g/mol. The fourth-order valence-electron chi connectivity index (χ4n) is 2.71. The van der Waals surface area contributed by atoms with Crippen LogP contribution in [0.4, 0.5) is 4.39 Å². The maximum absolute atomic E-state index is 13.0. The number of hydrogen-bond acceptors (Lipinski definition) is 3. The van der Waals surface area contributed by atoms with Gasteiger partial charge in [-0.2, -0.15) is 0 Å². The molecule has 2 unspecified atom stereocenters. The molecule has 124 valence electrons. The molecule has 6 heteroatoms. The van der Waals surface area contributed by atoms with E-state index in [1.807, 2.05) is 18.2 Å². The standard InChI is InChI=1S/C18H16FNO4/c19-13-7-5-11(6-8-13)14(10-17(21)22)20-18(23)16-9-12-3-1-2-4-15(12)24-16/h1-8,14,16H,9-10H2,(H,20,23)(H,21,22). The Kier molecular flexibility index (Phi) is 4.46. The zero-order valence-electron chi connectivity index (χ0n) is 12.7. The summed E-state index contributed by atoms with van der Waals surface area (Å²) < 4.78 is 18.7. The van der Waals surface area contributed by atoms with Gasteiger partial charge in [0.05, 0.1) is 12.5 Å². The number of amides is 1. The van der Waals surface area contributed by atoms with Crippen LogP contribution in [0.5, 0.6) is 5.75 Å². The number of carbonyl (C=O) groups excluding carboxylic acids is 1. The Labute approximate surface area is 138 Å². The monoisotopic (exact) mass is 329 g/mol. The van der Waals surface area contributed by atoms with Crippen LogP contribution >= 0.6 is 0 Å². The molecule has 1 heterocycles. The summed E-state index contributed by atoms with van der Waals surface area (Å²) in [5.41, 5.74) is 1.47. The van der Waals surface area contributed by atoms with E-state index in [0.29, 0.717) is 17.7 Å². The normalized spacial score (nSPS) is 16.8. The molecule has 2 aromatic rings. The smallest absolute Gasteiger partial charge is 0.305 e. The van der Waals surface area contributed by atoms with Gasteiger partial charge in [0.1, 0.15) is 11.6 Å². The van der Waals surface area contributed by atoms with E-state index in [0.717, 1.165) is 5.56 Å². The van der Waals surface area contributed by atoms with Gasteiger partial charge in [0.25, 0.3) is 5.91 Å². The minimum Gasteiger partial charge on any atom is -0.481 e. The van der Waals surface area contributed by atoms with Crippen molar-refractivity contribution in [2.75, 3.05) is 0 Å². The van der Waals surface area contributed by atoms with Crippen molar-refractivity contribution in [3.63, 3.8) is 0 Å². The molecule has 0 aliphatic carbocycles. The van der Waals surface area contributed by atoms with Gasteiger partial charge in [-0.15, -0.1) is 0 Å². The lowest BCUT2D eigenvalue weighted by Crippen LogP contribution is -2.40. The first-order valence-electron chi connectivity index (χ1n) is 7.55. The van der Waals surface area contributed by atoms with E-state index < -0.39 is 23.9 Å². The number of halogens is 1. The molecule has 1 aliphatic rings. The van der Waals surface area contributed by atoms with Crippen molar-refractivity contribution in [3.8, 4) is 5.75 Å². The highest BCUT2D eigenvalue weighted by Gasteiger charge is 2.30. The van der Waals surface area contributed by atoms with Gasteiger partial charge in [-0.1, -0.05) is 30.3 Å². The second-order valence-electron chi connectivity index (χ2n) is 5.63. The Hall–Kier alpha value is -2.89. The number of para-hydroxylation sites is 1. The molecule has 0 spiro atoms. The molecule has 0 saturated heterocycles. The average Bonchev–Trinajstić information content (AvgIpc) is 2.98. The van der Waals surface area contributed by atoms with Gasteiger partial charge in [-0.3, -0.25) is 9.59 Å². The lowest BCUT2D eigenvalue weighted by atomic mass is 10.0. The SMILES string of the molecule is O=C(O)CC(NC(=O)C1Cc2ccccc2O1)c1ccc(F)cc1. The lowest BCUT2D eigenvalue weighted by molar-refractivity contribution is -0.138. The summed E-state index contributed by atoms with van der Waals surface area (Å²) in [6, 6.07) is 12.0. The summed E-state index contributed by atoms with van der Waals surface area (Å²) in [7, 11) is 0. The van der Waals surface area contributed by atoms with Gasteiger partial charge in [-0.25, -0.2) is 4.39 Å². The second-order valence-corrected chi connectivity index (χ2v) is 5.63. The molecule has 0 radical (unpaired) electrons. The molecule has 2 atom stereocenters. The Morgan fingerprint density at radius 2 is 1.92 bits per heavy atom. The predicted octanol–water partition coefficient (Wildman–Crippen LogP) is 2.46. The van der Waals surface area contributed by atoms with Gasteiger partial charge in [0, 0.05) is 6.42 Å². The van der Waals surface area contributed by atoms with Gasteiger partial charge in [-0.05, 0) is 29.3 Å². The Bertz CT molecular complexity index is 735. The first kappa shape index (κ1) is 16.0. The highest BCUT2D eigenvalue weighted by molar-refractivity contribution is 5.83. The van der Waals surface area contributed by atoms with Crippen LogP contribution in [0, 0.1) is 5.82 Å². The fraction of sp³-hybridized carbons (Fsp3) is 0.222. The highest BCUT2D eigenvalue weighted by atomic mass is 19.1. The van der Waals surface area contributed by atoms with Crippen molar-refractivity contribution in [2.45, 2.75) is 25.0 Å². The van der Waals surface area contributed by atoms with E-state index in [1.165, 1.54) is 24.3 Å². The third-order valence-electron chi connectivity index (χ3n) is 3.91. The van der Waals surface area contributed by atoms with Crippen molar-refractivity contribution in [3.05, 3.63) is 65.5 Å². The zero-order chi connectivity index (χ0) is 17.1. The van der Waals surface area contributed by atoms with Gasteiger partial charge in [0.2, 0.25) is 0 Å². The molecule has 2 N–H and O–H groups in total. The first-order chi connectivity index (χ1) is 11.5. The summed E-state index contributed by atoms with van der Waals surface area (Å²) in [4.78, 5) is 23.5. The number of fused-ring (bicyclic) bond motifs is 1.